The van der Waals surface area contributed by atoms with Gasteiger partial charge in [-0.25, -0.2) is 30.7 Å². The first kappa shape index (κ1) is 29.0. The monoisotopic (exact) mass is 590 g/mol. The Morgan fingerprint density at radius 3 is 1.93 bits per heavy atom. The Balaban J connectivity index is 1.39. The van der Waals surface area contributed by atoms with E-state index in [4.69, 9.17) is 0 Å². The molecule has 5 aromatic rings. The zero-order chi connectivity index (χ0) is 30.3. The van der Waals surface area contributed by atoms with Crippen LogP contribution in [0.25, 0.3) is 33.0 Å². The van der Waals surface area contributed by atoms with Crippen LogP contribution < -0.4 is 4.74 Å². The van der Waals surface area contributed by atoms with Gasteiger partial charge in [-0.3, -0.25) is 0 Å². The van der Waals surface area contributed by atoms with E-state index in [2.05, 4.69) is 4.74 Å². The molecule has 1 nitrogen and oxygen atoms in total. The summed E-state index contributed by atoms with van der Waals surface area (Å²) in [5, 5.41) is -1.08. The molecule has 0 unspecified atom stereocenters. The second kappa shape index (κ2) is 11.1. The standard InChI is InChI=1S/C32H19F9O/c1-2-3-17-7-11-23(29(37)28(17)36)32(40,41)42-21-8-4-16(5-9-21)18-6-10-22(24(33)13-18)19-12-20-15-26(35)30(38)31(39)27(20)25(34)14-19/h4-15H,2-3H2,1H3. The third-order valence-corrected chi connectivity index (χ3v) is 6.73. The Labute approximate surface area is 233 Å². The maximum atomic E-state index is 15.1. The number of hydrogen-bond donors (Lipinski definition) is 0. The molecule has 0 N–H and O–H groups in total. The smallest absolute Gasteiger partial charge is 0.429 e. The van der Waals surface area contributed by atoms with E-state index in [0.29, 0.717) is 18.1 Å². The predicted molar refractivity (Wildman–Crippen MR) is 139 cm³/mol. The molecule has 216 valence electrons. The molecule has 42 heavy (non-hydrogen) atoms. The van der Waals surface area contributed by atoms with Crippen molar-refractivity contribution in [1.82, 2.24) is 0 Å². The van der Waals surface area contributed by atoms with Gasteiger partial charge in [-0.15, -0.1) is 0 Å². The lowest BCUT2D eigenvalue weighted by molar-refractivity contribution is -0.187. The van der Waals surface area contributed by atoms with Gasteiger partial charge in [-0.1, -0.05) is 43.7 Å². The number of hydrogen-bond acceptors (Lipinski definition) is 1. The van der Waals surface area contributed by atoms with Crippen molar-refractivity contribution in [3.05, 3.63) is 125 Å². The van der Waals surface area contributed by atoms with E-state index in [1.54, 1.807) is 6.92 Å². The SMILES string of the molecule is CCCc1ccc(C(F)(F)Oc2ccc(-c3ccc(-c4cc(F)c5c(F)c(F)c(F)cc5c4)c(F)c3)cc2)c(F)c1F. The minimum atomic E-state index is -4.20. The van der Waals surface area contributed by atoms with Crippen molar-refractivity contribution in [1.29, 1.82) is 0 Å². The van der Waals surface area contributed by atoms with Crippen molar-refractivity contribution in [2.75, 3.05) is 0 Å². The Morgan fingerprint density at radius 1 is 0.595 bits per heavy atom. The number of alkyl halides is 2. The van der Waals surface area contributed by atoms with Crippen LogP contribution in [0.5, 0.6) is 5.75 Å². The molecule has 0 atom stereocenters. The zero-order valence-electron chi connectivity index (χ0n) is 21.7. The Morgan fingerprint density at radius 2 is 1.26 bits per heavy atom. The summed E-state index contributed by atoms with van der Waals surface area (Å²) >= 11 is 0. The fourth-order valence-corrected chi connectivity index (χ4v) is 4.67. The molecule has 0 radical (unpaired) electrons. The number of aryl methyl sites for hydroxylation is 1. The van der Waals surface area contributed by atoms with E-state index in [1.165, 1.54) is 24.3 Å². The highest BCUT2D eigenvalue weighted by molar-refractivity contribution is 5.89. The number of benzene rings is 5. The van der Waals surface area contributed by atoms with Gasteiger partial charge in [0.1, 0.15) is 22.9 Å². The van der Waals surface area contributed by atoms with Gasteiger partial charge in [-0.2, -0.15) is 8.78 Å². The van der Waals surface area contributed by atoms with Crippen molar-refractivity contribution < 1.29 is 44.3 Å². The zero-order valence-corrected chi connectivity index (χ0v) is 21.7. The second-order valence-corrected chi connectivity index (χ2v) is 9.53. The maximum Gasteiger partial charge on any atom is 0.429 e. The minimum absolute atomic E-state index is 0.0268. The Hall–Kier alpha value is -4.47. The van der Waals surface area contributed by atoms with Crippen LogP contribution in [0.1, 0.15) is 24.5 Å². The van der Waals surface area contributed by atoms with Crippen LogP contribution in [0.2, 0.25) is 0 Å². The van der Waals surface area contributed by atoms with Crippen molar-refractivity contribution in [3.63, 3.8) is 0 Å². The number of rotatable bonds is 7. The molecule has 10 heteroatoms. The molecule has 0 aliphatic rings. The van der Waals surface area contributed by atoms with Crippen molar-refractivity contribution in [2.24, 2.45) is 0 Å². The van der Waals surface area contributed by atoms with Crippen LogP contribution in [0.3, 0.4) is 0 Å². The molecule has 0 saturated heterocycles. The molecule has 0 aliphatic carbocycles. The first-order valence-corrected chi connectivity index (χ1v) is 12.6. The molecule has 0 bridgehead atoms. The molecule has 5 aromatic carbocycles. The summed E-state index contributed by atoms with van der Waals surface area (Å²) in [4.78, 5) is 0. The average Bonchev–Trinajstić information content (AvgIpc) is 2.94. The van der Waals surface area contributed by atoms with Crippen molar-refractivity contribution in [3.8, 4) is 28.0 Å². The van der Waals surface area contributed by atoms with Gasteiger partial charge in [0, 0.05) is 5.56 Å². The summed E-state index contributed by atoms with van der Waals surface area (Å²) in [5.41, 5.74) is -0.824. The highest BCUT2D eigenvalue weighted by atomic mass is 19.3. The summed E-state index contributed by atoms with van der Waals surface area (Å²) in [7, 11) is 0. The lowest BCUT2D eigenvalue weighted by atomic mass is 9.97. The Kier molecular flexibility index (Phi) is 7.66. The average molecular weight is 590 g/mol. The fraction of sp³-hybridized carbons (Fsp3) is 0.125. The van der Waals surface area contributed by atoms with Gasteiger partial charge in [0.15, 0.2) is 29.1 Å². The van der Waals surface area contributed by atoms with E-state index < -0.39 is 57.8 Å². The van der Waals surface area contributed by atoms with Crippen LogP contribution >= 0.6 is 0 Å². The summed E-state index contributed by atoms with van der Waals surface area (Å²) < 4.78 is 134. The number of fused-ring (bicyclic) bond motifs is 1. The van der Waals surface area contributed by atoms with Gasteiger partial charge in [0.05, 0.1) is 5.39 Å². The van der Waals surface area contributed by atoms with Crippen molar-refractivity contribution >= 4 is 10.8 Å². The summed E-state index contributed by atoms with van der Waals surface area (Å²) in [6, 6.07) is 13.1. The molecule has 0 aromatic heterocycles. The van der Waals surface area contributed by atoms with Crippen LogP contribution in [0.4, 0.5) is 39.5 Å². The summed E-state index contributed by atoms with van der Waals surface area (Å²) in [6.07, 6.45) is -3.52. The highest BCUT2D eigenvalue weighted by Crippen LogP contribution is 2.37. The Bertz CT molecular complexity index is 1810. The van der Waals surface area contributed by atoms with E-state index in [-0.39, 0.29) is 39.8 Å². The van der Waals surface area contributed by atoms with E-state index >= 15 is 4.39 Å². The number of halogens is 9. The second-order valence-electron chi connectivity index (χ2n) is 9.53. The maximum absolute atomic E-state index is 15.1. The molecule has 0 aliphatic heterocycles. The lowest BCUT2D eigenvalue weighted by Gasteiger charge is -2.20. The van der Waals surface area contributed by atoms with Gasteiger partial charge < -0.3 is 4.74 Å². The minimum Gasteiger partial charge on any atom is -0.429 e. The van der Waals surface area contributed by atoms with Crippen LogP contribution in [0.15, 0.2) is 72.8 Å². The molecular formula is C32H19F9O. The van der Waals surface area contributed by atoms with Gasteiger partial charge >= 0.3 is 6.11 Å². The fourth-order valence-electron chi connectivity index (χ4n) is 4.67. The van der Waals surface area contributed by atoms with Gasteiger partial charge in [0.25, 0.3) is 0 Å². The normalized spacial score (nSPS) is 11.8. The highest BCUT2D eigenvalue weighted by Gasteiger charge is 2.39. The molecule has 5 rings (SSSR count). The molecule has 0 heterocycles. The first-order chi connectivity index (χ1) is 19.9. The molecule has 0 fully saturated rings. The largest absolute Gasteiger partial charge is 0.429 e. The predicted octanol–water partition coefficient (Wildman–Crippen LogP) is 10.2. The van der Waals surface area contributed by atoms with E-state index in [1.807, 2.05) is 0 Å². The summed E-state index contributed by atoms with van der Waals surface area (Å²) in [5.74, 6) is -10.5. The lowest BCUT2D eigenvalue weighted by Crippen LogP contribution is -2.24. The van der Waals surface area contributed by atoms with Gasteiger partial charge in [-0.05, 0) is 76.5 Å². The number of ether oxygens (including phenoxy) is 1. The molecule has 0 saturated carbocycles. The van der Waals surface area contributed by atoms with Crippen molar-refractivity contribution in [2.45, 2.75) is 25.9 Å². The molecule has 0 spiro atoms. The van der Waals surface area contributed by atoms with Gasteiger partial charge in [0.2, 0.25) is 0 Å². The van der Waals surface area contributed by atoms with Crippen LogP contribution in [-0.4, -0.2) is 0 Å². The third kappa shape index (κ3) is 5.29. The third-order valence-electron chi connectivity index (χ3n) is 6.73. The summed E-state index contributed by atoms with van der Waals surface area (Å²) in [6.45, 7) is 1.73. The quantitative estimate of drug-likeness (QED) is 0.135. The van der Waals surface area contributed by atoms with Crippen LogP contribution in [-0.2, 0) is 12.5 Å². The topological polar surface area (TPSA) is 9.23 Å². The van der Waals surface area contributed by atoms with E-state index in [9.17, 15) is 35.1 Å². The molecule has 0 amide bonds. The van der Waals surface area contributed by atoms with Crippen LogP contribution in [0, 0.1) is 40.7 Å². The first-order valence-electron chi connectivity index (χ1n) is 12.6. The van der Waals surface area contributed by atoms with E-state index in [0.717, 1.165) is 42.5 Å². The molecular weight excluding hydrogens is 571 g/mol.